The molecule has 0 unspecified atom stereocenters. The third-order valence-electron chi connectivity index (χ3n) is 3.88. The van der Waals surface area contributed by atoms with E-state index in [1.807, 2.05) is 6.92 Å². The van der Waals surface area contributed by atoms with Crippen LogP contribution in [0.2, 0.25) is 0 Å². The Hall–Kier alpha value is -0.610. The molecule has 106 valence electrons. The molecule has 0 aliphatic carbocycles. The Morgan fingerprint density at radius 1 is 1.44 bits per heavy atom. The van der Waals surface area contributed by atoms with Crippen LogP contribution >= 0.6 is 0 Å². The molecule has 1 fully saturated rings. The highest BCUT2D eigenvalue weighted by Gasteiger charge is 2.28. The summed E-state index contributed by atoms with van der Waals surface area (Å²) in [5.74, 6) is 0.333. The van der Waals surface area contributed by atoms with Crippen LogP contribution in [0.4, 0.5) is 0 Å². The van der Waals surface area contributed by atoms with Gasteiger partial charge in [-0.25, -0.2) is 0 Å². The number of rotatable bonds is 6. The highest BCUT2D eigenvalue weighted by molar-refractivity contribution is 5.80. The van der Waals surface area contributed by atoms with Gasteiger partial charge in [-0.2, -0.15) is 0 Å². The number of nitrogens with one attached hydrogen (secondary N) is 1. The molecule has 1 heterocycles. The highest BCUT2D eigenvalue weighted by Crippen LogP contribution is 2.16. The summed E-state index contributed by atoms with van der Waals surface area (Å²) in [6, 6.07) is 0.524. The largest absolute Gasteiger partial charge is 0.340 e. The zero-order valence-electron chi connectivity index (χ0n) is 12.5. The Labute approximate surface area is 112 Å². The third-order valence-corrected chi connectivity index (χ3v) is 3.88. The Kier molecular flexibility index (Phi) is 6.65. The van der Waals surface area contributed by atoms with E-state index in [1.54, 1.807) is 0 Å². The topological polar surface area (TPSA) is 41.4 Å². The van der Waals surface area contributed by atoms with Crippen LogP contribution < -0.4 is 10.2 Å². The molecule has 0 bridgehead atoms. The van der Waals surface area contributed by atoms with Gasteiger partial charge in [0, 0.05) is 19.0 Å². The third kappa shape index (κ3) is 4.94. The minimum atomic E-state index is 0.0858. The van der Waals surface area contributed by atoms with E-state index >= 15 is 0 Å². The predicted molar refractivity (Wildman–Crippen MR) is 73.6 cm³/mol. The minimum Gasteiger partial charge on any atom is -0.340 e. The number of likely N-dealkylation sites (tertiary alicyclic amines) is 1. The molecule has 18 heavy (non-hydrogen) atoms. The minimum absolute atomic E-state index is 0.0858. The average molecular weight is 257 g/mol. The van der Waals surface area contributed by atoms with E-state index in [4.69, 9.17) is 0 Å². The van der Waals surface area contributed by atoms with Crippen LogP contribution in [0, 0.1) is 0 Å². The zero-order chi connectivity index (χ0) is 13.5. The van der Waals surface area contributed by atoms with Gasteiger partial charge in [-0.15, -0.1) is 0 Å². The zero-order valence-corrected chi connectivity index (χ0v) is 12.5. The van der Waals surface area contributed by atoms with E-state index in [2.05, 4.69) is 31.2 Å². The standard InChI is InChI=1S/C14H29N3O/c1-12-8-5-6-11-17(12)14(18)13(2)15-9-7-10-16(3)4/h12-13,15H,5-11H2,1-4H3/p+2/t12-,13+/m0/s1. The van der Waals surface area contributed by atoms with Crippen LogP contribution in [0.3, 0.4) is 0 Å². The Morgan fingerprint density at radius 2 is 2.17 bits per heavy atom. The number of nitrogens with zero attached hydrogens (tertiary/aromatic N) is 1. The van der Waals surface area contributed by atoms with Gasteiger partial charge in [0.05, 0.1) is 27.2 Å². The monoisotopic (exact) mass is 257 g/mol. The fourth-order valence-electron chi connectivity index (χ4n) is 2.61. The maximum Gasteiger partial charge on any atom is 0.280 e. The van der Waals surface area contributed by atoms with Gasteiger partial charge in [0.1, 0.15) is 0 Å². The van der Waals surface area contributed by atoms with Gasteiger partial charge in [-0.1, -0.05) is 0 Å². The van der Waals surface area contributed by atoms with Crippen molar-refractivity contribution in [3.63, 3.8) is 0 Å². The van der Waals surface area contributed by atoms with Crippen LogP contribution in [0.15, 0.2) is 0 Å². The molecule has 2 atom stereocenters. The molecule has 0 saturated carbocycles. The Balaban J connectivity index is 2.27. The van der Waals surface area contributed by atoms with Gasteiger partial charge >= 0.3 is 0 Å². The van der Waals surface area contributed by atoms with Gasteiger partial charge in [0.25, 0.3) is 5.91 Å². The fourth-order valence-corrected chi connectivity index (χ4v) is 2.61. The molecule has 3 N–H and O–H groups in total. The van der Waals surface area contributed by atoms with E-state index in [1.165, 1.54) is 37.1 Å². The summed E-state index contributed by atoms with van der Waals surface area (Å²) in [5, 5.41) is 2.20. The summed E-state index contributed by atoms with van der Waals surface area (Å²) in [7, 11) is 4.34. The number of nitrogens with two attached hydrogens (primary N) is 1. The average Bonchev–Trinajstić information content (AvgIpc) is 2.34. The number of carbonyl (C=O) groups excluding carboxylic acids is 1. The molecule has 1 aliphatic rings. The van der Waals surface area contributed by atoms with Gasteiger partial charge in [0.2, 0.25) is 0 Å². The highest BCUT2D eigenvalue weighted by atomic mass is 16.2. The van der Waals surface area contributed by atoms with Crippen molar-refractivity contribution < 1.29 is 15.0 Å². The lowest BCUT2D eigenvalue weighted by Gasteiger charge is -2.34. The van der Waals surface area contributed by atoms with Crippen molar-refractivity contribution in [2.24, 2.45) is 0 Å². The number of carbonyl (C=O) groups is 1. The first-order chi connectivity index (χ1) is 8.52. The second kappa shape index (κ2) is 7.74. The van der Waals surface area contributed by atoms with Crippen LogP contribution in [-0.4, -0.2) is 56.6 Å². The summed E-state index contributed by atoms with van der Waals surface area (Å²) in [6.45, 7) is 7.42. The van der Waals surface area contributed by atoms with E-state index < -0.39 is 0 Å². The summed E-state index contributed by atoms with van der Waals surface area (Å²) in [4.78, 5) is 15.9. The number of hydrogen-bond acceptors (Lipinski definition) is 1. The summed E-state index contributed by atoms with van der Waals surface area (Å²) >= 11 is 0. The van der Waals surface area contributed by atoms with Crippen molar-refractivity contribution in [1.29, 1.82) is 0 Å². The van der Waals surface area contributed by atoms with Gasteiger partial charge in [-0.05, 0) is 33.1 Å². The van der Waals surface area contributed by atoms with Crippen molar-refractivity contribution in [2.45, 2.75) is 51.6 Å². The maximum atomic E-state index is 12.3. The van der Waals surface area contributed by atoms with Crippen molar-refractivity contribution in [2.75, 3.05) is 33.7 Å². The molecule has 0 aromatic rings. The van der Waals surface area contributed by atoms with Crippen LogP contribution in [-0.2, 0) is 4.79 Å². The van der Waals surface area contributed by atoms with Crippen molar-refractivity contribution in [3.8, 4) is 0 Å². The fraction of sp³-hybridized carbons (Fsp3) is 0.929. The van der Waals surface area contributed by atoms with Crippen LogP contribution in [0.25, 0.3) is 0 Å². The number of hydrogen-bond donors (Lipinski definition) is 2. The first-order valence-electron chi connectivity index (χ1n) is 7.45. The van der Waals surface area contributed by atoms with Crippen molar-refractivity contribution in [1.82, 2.24) is 4.90 Å². The summed E-state index contributed by atoms with van der Waals surface area (Å²) < 4.78 is 0. The first-order valence-corrected chi connectivity index (χ1v) is 7.45. The number of piperidine rings is 1. The molecule has 1 amide bonds. The molecule has 0 aromatic heterocycles. The van der Waals surface area contributed by atoms with Gasteiger partial charge in [0.15, 0.2) is 6.04 Å². The quantitative estimate of drug-likeness (QED) is 0.581. The Bertz CT molecular complexity index is 255. The number of amides is 1. The lowest BCUT2D eigenvalue weighted by molar-refractivity contribution is -0.860. The molecule has 0 spiro atoms. The van der Waals surface area contributed by atoms with Crippen LogP contribution in [0.5, 0.6) is 0 Å². The summed E-state index contributed by atoms with van der Waals surface area (Å²) in [5.41, 5.74) is 0. The SMILES string of the molecule is C[C@@H]([NH2+]CCC[NH+](C)C)C(=O)N1CCCC[C@@H]1C. The molecule has 1 aliphatic heterocycles. The first kappa shape index (κ1) is 15.4. The predicted octanol–water partition coefficient (Wildman–Crippen LogP) is -1.13. The molecule has 0 aromatic carbocycles. The molecule has 4 heteroatoms. The summed E-state index contributed by atoms with van der Waals surface area (Å²) in [6.07, 6.45) is 4.79. The van der Waals surface area contributed by atoms with Gasteiger partial charge < -0.3 is 15.1 Å². The molecule has 1 saturated heterocycles. The molecule has 1 rings (SSSR count). The molecular weight excluding hydrogens is 226 g/mol. The second-order valence-corrected chi connectivity index (χ2v) is 6.00. The second-order valence-electron chi connectivity index (χ2n) is 6.00. The maximum absolute atomic E-state index is 12.3. The van der Waals surface area contributed by atoms with Crippen molar-refractivity contribution in [3.05, 3.63) is 0 Å². The van der Waals surface area contributed by atoms with E-state index in [0.29, 0.717) is 11.9 Å². The normalized spacial score (nSPS) is 22.3. The Morgan fingerprint density at radius 3 is 2.78 bits per heavy atom. The van der Waals surface area contributed by atoms with Crippen LogP contribution in [0.1, 0.15) is 39.5 Å². The van der Waals surface area contributed by atoms with Gasteiger partial charge in [-0.3, -0.25) is 4.79 Å². The van der Waals surface area contributed by atoms with E-state index in [9.17, 15) is 4.79 Å². The number of quaternary nitrogens is 2. The molecule has 4 nitrogen and oxygen atoms in total. The van der Waals surface area contributed by atoms with E-state index in [-0.39, 0.29) is 6.04 Å². The molecule has 0 radical (unpaired) electrons. The smallest absolute Gasteiger partial charge is 0.280 e. The molecular formula is C14H31N3O+2. The van der Waals surface area contributed by atoms with Crippen molar-refractivity contribution >= 4 is 5.91 Å². The lowest BCUT2D eigenvalue weighted by Crippen LogP contribution is -3.06. The van der Waals surface area contributed by atoms with E-state index in [0.717, 1.165) is 13.1 Å². The lowest BCUT2D eigenvalue weighted by atomic mass is 10.0.